The lowest BCUT2D eigenvalue weighted by Crippen LogP contribution is -2.34. The maximum absolute atomic E-state index is 9.46. The van der Waals surface area contributed by atoms with Crippen molar-refractivity contribution in [3.8, 4) is 6.07 Å². The zero-order valence-electron chi connectivity index (χ0n) is 6.51. The number of hydrogen-bond acceptors (Lipinski definition) is 2. The van der Waals surface area contributed by atoms with Crippen LogP contribution in [-0.2, 0) is 0 Å². The first kappa shape index (κ1) is 11.0. The van der Waals surface area contributed by atoms with Gasteiger partial charge in [0.05, 0.1) is 11.7 Å². The van der Waals surface area contributed by atoms with Crippen LogP contribution in [0.15, 0.2) is 0 Å². The number of nitriles is 1. The third-order valence-electron chi connectivity index (χ3n) is 1.52. The second-order valence-electron chi connectivity index (χ2n) is 2.96. The Morgan fingerprint density at radius 2 is 2.00 bits per heavy atom. The van der Waals surface area contributed by atoms with Crippen LogP contribution in [0.1, 0.15) is 20.3 Å². The van der Waals surface area contributed by atoms with E-state index in [1.165, 1.54) is 0 Å². The summed E-state index contributed by atoms with van der Waals surface area (Å²) in [6.07, 6.45) is 0.168. The van der Waals surface area contributed by atoms with Crippen molar-refractivity contribution in [2.24, 2.45) is 5.92 Å². The first-order chi connectivity index (χ1) is 4.89. The molecule has 0 heterocycles. The van der Waals surface area contributed by atoms with Gasteiger partial charge < -0.3 is 5.11 Å². The van der Waals surface area contributed by atoms with Crippen LogP contribution in [-0.4, -0.2) is 15.5 Å². The fourth-order valence-electron chi connectivity index (χ4n) is 0.746. The summed E-state index contributed by atoms with van der Waals surface area (Å²) in [6.45, 7) is 3.18. The maximum atomic E-state index is 9.46. The number of alkyl halides is 2. The molecule has 0 bridgehead atoms. The van der Waals surface area contributed by atoms with Gasteiger partial charge in [-0.25, -0.2) is 0 Å². The topological polar surface area (TPSA) is 44.0 Å². The Hall–Kier alpha value is 0.0300. The van der Waals surface area contributed by atoms with Gasteiger partial charge in [0, 0.05) is 12.3 Å². The average Bonchev–Trinajstić information content (AvgIpc) is 1.79. The molecule has 0 radical (unpaired) electrons. The third-order valence-corrected chi connectivity index (χ3v) is 2.13. The summed E-state index contributed by atoms with van der Waals surface area (Å²) in [4.78, 5) is -0.699. The molecule has 1 atom stereocenters. The summed E-state index contributed by atoms with van der Waals surface area (Å²) in [5.74, 6) is -0.393. The van der Waals surface area contributed by atoms with E-state index in [0.717, 1.165) is 0 Å². The van der Waals surface area contributed by atoms with E-state index in [1.54, 1.807) is 13.8 Å². The van der Waals surface area contributed by atoms with Crippen molar-refractivity contribution in [3.05, 3.63) is 0 Å². The molecule has 11 heavy (non-hydrogen) atoms. The highest BCUT2D eigenvalue weighted by Crippen LogP contribution is 2.28. The lowest BCUT2D eigenvalue weighted by Gasteiger charge is -2.27. The van der Waals surface area contributed by atoms with Crippen LogP contribution in [0, 0.1) is 17.2 Å². The lowest BCUT2D eigenvalue weighted by molar-refractivity contribution is 0.0245. The minimum atomic E-state index is -0.996. The van der Waals surface area contributed by atoms with E-state index in [9.17, 15) is 5.11 Å². The highest BCUT2D eigenvalue weighted by atomic mass is 35.5. The zero-order chi connectivity index (χ0) is 9.07. The molecule has 0 amide bonds. The highest BCUT2D eigenvalue weighted by molar-refractivity contribution is 6.44. The molecule has 0 spiro atoms. The predicted octanol–water partition coefficient (Wildman–Crippen LogP) is 2.09. The van der Waals surface area contributed by atoms with Crippen molar-refractivity contribution in [1.82, 2.24) is 0 Å². The number of nitrogens with zero attached hydrogens (tertiary/aromatic N) is 1. The SMILES string of the molecule is CC(C)(O)C(CC#N)C(Cl)Cl. The molecule has 1 unspecified atom stereocenters. The van der Waals surface area contributed by atoms with Crippen LogP contribution in [0.5, 0.6) is 0 Å². The summed E-state index contributed by atoms with van der Waals surface area (Å²) in [5, 5.41) is 17.8. The van der Waals surface area contributed by atoms with E-state index in [1.807, 2.05) is 6.07 Å². The fraction of sp³-hybridized carbons (Fsp3) is 0.857. The molecule has 0 aliphatic carbocycles. The van der Waals surface area contributed by atoms with Crippen LogP contribution >= 0.6 is 23.2 Å². The summed E-state index contributed by atoms with van der Waals surface area (Å²) in [7, 11) is 0. The summed E-state index contributed by atoms with van der Waals surface area (Å²) in [5.41, 5.74) is -0.996. The van der Waals surface area contributed by atoms with Crippen molar-refractivity contribution < 1.29 is 5.11 Å². The highest BCUT2D eigenvalue weighted by Gasteiger charge is 2.31. The molecule has 0 aromatic carbocycles. The quantitative estimate of drug-likeness (QED) is 0.702. The molecule has 0 aliphatic rings. The summed E-state index contributed by atoms with van der Waals surface area (Å²) in [6, 6.07) is 1.93. The second kappa shape index (κ2) is 4.15. The van der Waals surface area contributed by atoms with Gasteiger partial charge in [0.1, 0.15) is 4.84 Å². The van der Waals surface area contributed by atoms with Crippen molar-refractivity contribution in [3.63, 3.8) is 0 Å². The van der Waals surface area contributed by atoms with E-state index in [4.69, 9.17) is 28.5 Å². The van der Waals surface area contributed by atoms with E-state index in [0.29, 0.717) is 0 Å². The van der Waals surface area contributed by atoms with Crippen LogP contribution in [0.3, 0.4) is 0 Å². The van der Waals surface area contributed by atoms with Crippen molar-refractivity contribution in [2.45, 2.75) is 30.7 Å². The normalized spacial score (nSPS) is 14.6. The molecule has 64 valence electrons. The molecular weight excluding hydrogens is 185 g/mol. The first-order valence-corrected chi connectivity index (χ1v) is 4.14. The summed E-state index contributed by atoms with van der Waals surface area (Å²) < 4.78 is 0. The number of rotatable bonds is 3. The van der Waals surface area contributed by atoms with Crippen molar-refractivity contribution >= 4 is 23.2 Å². The fourth-order valence-corrected chi connectivity index (χ4v) is 1.54. The van der Waals surface area contributed by atoms with Crippen molar-refractivity contribution in [1.29, 1.82) is 5.26 Å². The minimum absolute atomic E-state index is 0.168. The maximum Gasteiger partial charge on any atom is 0.114 e. The van der Waals surface area contributed by atoms with Gasteiger partial charge in [-0.2, -0.15) is 5.26 Å². The van der Waals surface area contributed by atoms with Gasteiger partial charge >= 0.3 is 0 Å². The Bertz CT molecular complexity index is 157. The molecular formula is C7H11Cl2NO. The van der Waals surface area contributed by atoms with Crippen LogP contribution in [0.4, 0.5) is 0 Å². The van der Waals surface area contributed by atoms with Gasteiger partial charge in [-0.15, -0.1) is 23.2 Å². The molecule has 2 nitrogen and oxygen atoms in total. The summed E-state index contributed by atoms with van der Waals surface area (Å²) >= 11 is 11.1. The van der Waals surface area contributed by atoms with Crippen LogP contribution < -0.4 is 0 Å². The molecule has 0 aromatic heterocycles. The average molecular weight is 196 g/mol. The monoisotopic (exact) mass is 195 g/mol. The van der Waals surface area contributed by atoms with E-state index >= 15 is 0 Å². The predicted molar refractivity (Wildman–Crippen MR) is 45.5 cm³/mol. The smallest absolute Gasteiger partial charge is 0.114 e. The molecule has 0 aliphatic heterocycles. The van der Waals surface area contributed by atoms with E-state index in [-0.39, 0.29) is 6.42 Å². The molecule has 0 fully saturated rings. The Balaban J connectivity index is 4.25. The van der Waals surface area contributed by atoms with Crippen LogP contribution in [0.2, 0.25) is 0 Å². The van der Waals surface area contributed by atoms with Gasteiger partial charge in [0.15, 0.2) is 0 Å². The third kappa shape index (κ3) is 3.81. The Kier molecular flexibility index (Phi) is 4.17. The lowest BCUT2D eigenvalue weighted by atomic mass is 9.90. The van der Waals surface area contributed by atoms with Gasteiger partial charge in [-0.05, 0) is 13.8 Å². The molecule has 0 saturated heterocycles. The van der Waals surface area contributed by atoms with Gasteiger partial charge in [0.2, 0.25) is 0 Å². The van der Waals surface area contributed by atoms with E-state index in [2.05, 4.69) is 0 Å². The zero-order valence-corrected chi connectivity index (χ0v) is 8.02. The Morgan fingerprint density at radius 1 is 1.55 bits per heavy atom. The molecule has 1 N–H and O–H groups in total. The number of aliphatic hydroxyl groups is 1. The van der Waals surface area contributed by atoms with Gasteiger partial charge in [-0.1, -0.05) is 0 Å². The Morgan fingerprint density at radius 3 is 2.09 bits per heavy atom. The number of halogens is 2. The first-order valence-electron chi connectivity index (χ1n) is 3.27. The second-order valence-corrected chi connectivity index (χ2v) is 4.12. The molecule has 4 heteroatoms. The van der Waals surface area contributed by atoms with E-state index < -0.39 is 16.4 Å². The minimum Gasteiger partial charge on any atom is -0.390 e. The van der Waals surface area contributed by atoms with Crippen molar-refractivity contribution in [2.75, 3.05) is 0 Å². The van der Waals surface area contributed by atoms with Gasteiger partial charge in [-0.3, -0.25) is 0 Å². The van der Waals surface area contributed by atoms with Gasteiger partial charge in [0.25, 0.3) is 0 Å². The molecule has 0 aromatic rings. The standard InChI is InChI=1S/C7H11Cl2NO/c1-7(2,11)5(3-4-10)6(8)9/h5-6,11H,3H2,1-2H3. The van der Waals surface area contributed by atoms with Crippen LogP contribution in [0.25, 0.3) is 0 Å². The molecule has 0 rings (SSSR count). The molecule has 0 saturated carbocycles. The number of hydrogen-bond donors (Lipinski definition) is 1. The Labute approximate surface area is 76.7 Å². The largest absolute Gasteiger partial charge is 0.390 e.